The van der Waals surface area contributed by atoms with Gasteiger partial charge in [0.2, 0.25) is 0 Å². The number of esters is 1. The average molecular weight is 531 g/mol. The molecule has 1 amide bonds. The molecule has 4 heterocycles. The van der Waals surface area contributed by atoms with Gasteiger partial charge in [-0.05, 0) is 81.9 Å². The van der Waals surface area contributed by atoms with Gasteiger partial charge in [0.05, 0.1) is 25.3 Å². The van der Waals surface area contributed by atoms with E-state index in [0.29, 0.717) is 25.1 Å². The average Bonchev–Trinajstić information content (AvgIpc) is 2.92. The van der Waals surface area contributed by atoms with Crippen LogP contribution in [-0.2, 0) is 22.5 Å². The molecule has 6 rings (SSSR count). The number of carbonyl (C=O) groups is 2. The molecule has 1 unspecified atom stereocenters. The van der Waals surface area contributed by atoms with Crippen LogP contribution < -0.4 is 10.9 Å². The normalized spacial score (nSPS) is 19.5. The molecule has 39 heavy (non-hydrogen) atoms. The maximum atomic E-state index is 12.2. The SMILES string of the molecule is CCOC(=O)Cc1cccc(Cn2nc(C)ccc2=O)c1.Cc1ccc(C(=O)NC2CN3CCC2CC3)cc1. The summed E-state index contributed by atoms with van der Waals surface area (Å²) in [6, 6.07) is 18.9. The molecular weight excluding hydrogens is 492 g/mol. The molecule has 2 aromatic carbocycles. The number of ether oxygens (including phenoxy) is 1. The predicted molar refractivity (Wildman–Crippen MR) is 151 cm³/mol. The lowest BCUT2D eigenvalue weighted by molar-refractivity contribution is -0.142. The zero-order valence-electron chi connectivity index (χ0n) is 23.1. The third kappa shape index (κ3) is 8.10. The minimum absolute atomic E-state index is 0.0775. The minimum atomic E-state index is -0.250. The van der Waals surface area contributed by atoms with E-state index in [0.717, 1.165) is 28.9 Å². The fourth-order valence-corrected chi connectivity index (χ4v) is 5.14. The molecule has 0 spiro atoms. The third-order valence-electron chi connectivity index (χ3n) is 7.26. The fourth-order valence-electron chi connectivity index (χ4n) is 5.14. The largest absolute Gasteiger partial charge is 0.466 e. The van der Waals surface area contributed by atoms with Crippen LogP contribution in [0.1, 0.15) is 52.5 Å². The third-order valence-corrected chi connectivity index (χ3v) is 7.26. The van der Waals surface area contributed by atoms with Crippen LogP contribution in [0.2, 0.25) is 0 Å². The van der Waals surface area contributed by atoms with Crippen LogP contribution >= 0.6 is 0 Å². The predicted octanol–water partition coefficient (Wildman–Crippen LogP) is 3.52. The number of aryl methyl sites for hydroxylation is 2. The molecule has 3 saturated heterocycles. The van der Waals surface area contributed by atoms with Gasteiger partial charge in [-0.25, -0.2) is 4.68 Å². The summed E-state index contributed by atoms with van der Waals surface area (Å²) in [4.78, 5) is 37.9. The summed E-state index contributed by atoms with van der Waals surface area (Å²) in [5, 5.41) is 7.41. The van der Waals surface area contributed by atoms with E-state index in [2.05, 4.69) is 15.3 Å². The summed E-state index contributed by atoms with van der Waals surface area (Å²) in [7, 11) is 0. The van der Waals surface area contributed by atoms with Crippen LogP contribution in [0, 0.1) is 19.8 Å². The number of nitrogens with one attached hydrogen (secondary N) is 1. The van der Waals surface area contributed by atoms with Crippen molar-refractivity contribution >= 4 is 11.9 Å². The van der Waals surface area contributed by atoms with E-state index >= 15 is 0 Å². The second-order valence-corrected chi connectivity index (χ2v) is 10.4. The molecule has 0 radical (unpaired) electrons. The van der Waals surface area contributed by atoms with Crippen molar-refractivity contribution in [3.63, 3.8) is 0 Å². The van der Waals surface area contributed by atoms with Gasteiger partial charge in [-0.2, -0.15) is 5.10 Å². The first-order chi connectivity index (χ1) is 18.8. The molecule has 206 valence electrons. The Kier molecular flexibility index (Phi) is 9.65. The fraction of sp³-hybridized carbons (Fsp3) is 0.419. The summed E-state index contributed by atoms with van der Waals surface area (Å²) in [5.74, 6) is 0.513. The number of rotatable bonds is 7. The van der Waals surface area contributed by atoms with Crippen molar-refractivity contribution in [2.45, 2.75) is 52.6 Å². The number of hydrogen-bond donors (Lipinski definition) is 1. The summed E-state index contributed by atoms with van der Waals surface area (Å²) in [6.45, 7) is 9.87. The molecule has 3 aliphatic heterocycles. The van der Waals surface area contributed by atoms with E-state index in [1.54, 1.807) is 13.0 Å². The van der Waals surface area contributed by atoms with E-state index in [1.165, 1.54) is 42.2 Å². The van der Waals surface area contributed by atoms with E-state index in [4.69, 9.17) is 4.74 Å². The van der Waals surface area contributed by atoms with Crippen molar-refractivity contribution in [3.8, 4) is 0 Å². The number of carbonyl (C=O) groups excluding carboxylic acids is 2. The molecule has 2 bridgehead atoms. The van der Waals surface area contributed by atoms with E-state index in [-0.39, 0.29) is 23.9 Å². The van der Waals surface area contributed by atoms with Crippen molar-refractivity contribution in [1.29, 1.82) is 0 Å². The first kappa shape index (κ1) is 28.2. The number of nitrogens with zero attached hydrogens (tertiary/aromatic N) is 3. The molecule has 3 fully saturated rings. The number of benzene rings is 2. The molecule has 8 heteroatoms. The zero-order valence-corrected chi connectivity index (χ0v) is 23.1. The lowest BCUT2D eigenvalue weighted by atomic mass is 9.84. The first-order valence-electron chi connectivity index (χ1n) is 13.7. The standard InChI is InChI=1S/C16H18N2O3.C15H20N2O/c1-3-21-16(20)10-13-5-4-6-14(9-13)11-18-15(19)8-7-12(2)17-18;1-11-2-4-13(5-3-11)15(18)16-14-10-17-8-6-12(14)7-9-17/h4-9H,3,10-11H2,1-2H3;2-5,12,14H,6-10H2,1H3,(H,16,18). The van der Waals surface area contributed by atoms with Crippen LogP contribution in [0.4, 0.5) is 0 Å². The number of piperidine rings is 3. The Labute approximate surface area is 230 Å². The summed E-state index contributed by atoms with van der Waals surface area (Å²) >= 11 is 0. The number of fused-ring (bicyclic) bond motifs is 3. The number of hydrogen-bond acceptors (Lipinski definition) is 6. The Bertz CT molecular complexity index is 1330. The van der Waals surface area contributed by atoms with Gasteiger partial charge in [-0.3, -0.25) is 14.4 Å². The Morgan fingerprint density at radius 3 is 2.38 bits per heavy atom. The van der Waals surface area contributed by atoms with Crippen molar-refractivity contribution in [2.75, 3.05) is 26.2 Å². The Hall–Kier alpha value is -3.78. The summed E-state index contributed by atoms with van der Waals surface area (Å²) < 4.78 is 6.35. The monoisotopic (exact) mass is 530 g/mol. The number of amides is 1. The summed E-state index contributed by atoms with van der Waals surface area (Å²) in [5.41, 5.74) is 4.41. The van der Waals surface area contributed by atoms with Gasteiger partial charge in [0.15, 0.2) is 0 Å². The van der Waals surface area contributed by atoms with Crippen molar-refractivity contribution in [1.82, 2.24) is 20.0 Å². The lowest BCUT2D eigenvalue weighted by Gasteiger charge is -2.44. The maximum absolute atomic E-state index is 12.2. The Balaban J connectivity index is 0.000000183. The molecule has 1 N–H and O–H groups in total. The maximum Gasteiger partial charge on any atom is 0.310 e. The van der Waals surface area contributed by atoms with Gasteiger partial charge in [-0.15, -0.1) is 0 Å². The molecule has 0 saturated carbocycles. The van der Waals surface area contributed by atoms with Crippen molar-refractivity contribution in [3.05, 3.63) is 99.0 Å². The van der Waals surface area contributed by atoms with Crippen molar-refractivity contribution in [2.24, 2.45) is 5.92 Å². The smallest absolute Gasteiger partial charge is 0.310 e. The minimum Gasteiger partial charge on any atom is -0.466 e. The highest BCUT2D eigenvalue weighted by Gasteiger charge is 2.34. The van der Waals surface area contributed by atoms with Gasteiger partial charge in [-0.1, -0.05) is 42.0 Å². The molecule has 3 aliphatic rings. The van der Waals surface area contributed by atoms with Gasteiger partial charge in [0.1, 0.15) is 0 Å². The second kappa shape index (κ2) is 13.3. The lowest BCUT2D eigenvalue weighted by Crippen LogP contribution is -2.57. The Morgan fingerprint density at radius 2 is 1.72 bits per heavy atom. The first-order valence-corrected chi connectivity index (χ1v) is 13.7. The van der Waals surface area contributed by atoms with Crippen LogP contribution in [0.3, 0.4) is 0 Å². The van der Waals surface area contributed by atoms with E-state index in [9.17, 15) is 14.4 Å². The molecule has 8 nitrogen and oxygen atoms in total. The van der Waals surface area contributed by atoms with Crippen LogP contribution in [0.5, 0.6) is 0 Å². The summed E-state index contributed by atoms with van der Waals surface area (Å²) in [6.07, 6.45) is 2.70. The van der Waals surface area contributed by atoms with Gasteiger partial charge in [0, 0.05) is 24.2 Å². The topological polar surface area (TPSA) is 93.5 Å². The van der Waals surface area contributed by atoms with E-state index in [1.807, 2.05) is 62.4 Å². The van der Waals surface area contributed by atoms with Crippen LogP contribution in [-0.4, -0.2) is 58.8 Å². The molecule has 1 aromatic heterocycles. The van der Waals surface area contributed by atoms with E-state index < -0.39 is 0 Å². The highest BCUT2D eigenvalue weighted by Crippen LogP contribution is 2.27. The van der Waals surface area contributed by atoms with Crippen LogP contribution in [0.15, 0.2) is 65.5 Å². The highest BCUT2D eigenvalue weighted by atomic mass is 16.5. The van der Waals surface area contributed by atoms with Crippen LogP contribution in [0.25, 0.3) is 0 Å². The van der Waals surface area contributed by atoms with Crippen molar-refractivity contribution < 1.29 is 14.3 Å². The van der Waals surface area contributed by atoms with Gasteiger partial charge in [0.25, 0.3) is 11.5 Å². The molecule has 0 aliphatic carbocycles. The quantitative estimate of drug-likeness (QED) is 0.470. The van der Waals surface area contributed by atoms with Gasteiger partial charge < -0.3 is 15.0 Å². The zero-order chi connectivity index (χ0) is 27.8. The number of aromatic nitrogens is 2. The molecular formula is C31H38N4O4. The molecule has 1 atom stereocenters. The second-order valence-electron chi connectivity index (χ2n) is 10.4. The van der Waals surface area contributed by atoms with Gasteiger partial charge >= 0.3 is 5.97 Å². The Morgan fingerprint density at radius 1 is 1.00 bits per heavy atom. The molecule has 3 aromatic rings. The highest BCUT2D eigenvalue weighted by molar-refractivity contribution is 5.94.